The molecular weight excluding hydrogens is 459 g/mol. The SMILES string of the molecule is C=Cc1ccc(C)nc1.[CH3][Al][O]c1cccc2ccc(C)[n+](Oc3ccc(-c4ccccc4)cc3)c12. The summed E-state index contributed by atoms with van der Waals surface area (Å²) in [7, 11) is 0. The van der Waals surface area contributed by atoms with E-state index in [0.717, 1.165) is 39.4 Å². The molecule has 177 valence electrons. The fourth-order valence-corrected chi connectivity index (χ4v) is 4.17. The van der Waals surface area contributed by atoms with E-state index in [0.29, 0.717) is 0 Å². The Morgan fingerprint density at radius 2 is 1.56 bits per heavy atom. The molecule has 5 heteroatoms. The molecular formula is C31H29AlN2O2+. The number of nitrogens with zero attached hydrogens (tertiary/aromatic N) is 2. The van der Waals surface area contributed by atoms with Gasteiger partial charge in [-0.05, 0) is 60.0 Å². The lowest BCUT2D eigenvalue weighted by atomic mass is 10.1. The van der Waals surface area contributed by atoms with Crippen molar-refractivity contribution in [2.75, 3.05) is 0 Å². The summed E-state index contributed by atoms with van der Waals surface area (Å²) in [5, 5.41) is 1.09. The first-order chi connectivity index (χ1) is 17.6. The van der Waals surface area contributed by atoms with Crippen LogP contribution >= 0.6 is 0 Å². The minimum absolute atomic E-state index is 0.101. The highest BCUT2D eigenvalue weighted by Crippen LogP contribution is 2.25. The molecule has 2 heterocycles. The number of hydrogen-bond acceptors (Lipinski definition) is 3. The zero-order valence-electron chi connectivity index (χ0n) is 20.9. The predicted octanol–water partition coefficient (Wildman–Crippen LogP) is 7.02. The summed E-state index contributed by atoms with van der Waals surface area (Å²) in [6.07, 6.45) is 3.59. The summed E-state index contributed by atoms with van der Waals surface area (Å²) in [6, 6.07) is 32.7. The highest BCUT2D eigenvalue weighted by Gasteiger charge is 2.20. The van der Waals surface area contributed by atoms with E-state index in [1.807, 2.05) is 79.4 Å². The van der Waals surface area contributed by atoms with E-state index in [1.165, 1.54) is 11.1 Å². The van der Waals surface area contributed by atoms with E-state index >= 15 is 0 Å². The van der Waals surface area contributed by atoms with Crippen LogP contribution in [0.4, 0.5) is 0 Å². The molecule has 2 aromatic heterocycles. The number of pyridine rings is 2. The van der Waals surface area contributed by atoms with Crippen molar-refractivity contribution in [3.8, 4) is 22.6 Å². The molecule has 5 rings (SSSR count). The summed E-state index contributed by atoms with van der Waals surface area (Å²) in [5.74, 6) is 3.71. The van der Waals surface area contributed by atoms with Gasteiger partial charge in [0.1, 0.15) is 0 Å². The fraction of sp³-hybridized carbons (Fsp3) is 0.0968. The monoisotopic (exact) mass is 488 g/mol. The number of fused-ring (bicyclic) bond motifs is 1. The Labute approximate surface area is 219 Å². The third-order valence-electron chi connectivity index (χ3n) is 5.63. The molecule has 1 radical (unpaired) electrons. The van der Waals surface area contributed by atoms with Crippen LogP contribution in [0.5, 0.6) is 11.5 Å². The first-order valence-electron chi connectivity index (χ1n) is 11.9. The molecule has 5 aromatic rings. The Bertz CT molecular complexity index is 1430. The molecule has 0 amide bonds. The van der Waals surface area contributed by atoms with Gasteiger partial charge >= 0.3 is 21.1 Å². The second-order valence-electron chi connectivity index (χ2n) is 8.24. The summed E-state index contributed by atoms with van der Waals surface area (Å²) in [4.78, 5) is 10.3. The van der Waals surface area contributed by atoms with Gasteiger partial charge in [0.25, 0.3) is 0 Å². The van der Waals surface area contributed by atoms with Gasteiger partial charge in [-0.2, -0.15) is 0 Å². The van der Waals surface area contributed by atoms with Crippen molar-refractivity contribution < 1.29 is 13.4 Å². The van der Waals surface area contributed by atoms with Gasteiger partial charge in [-0.25, -0.2) is 4.84 Å². The zero-order chi connectivity index (χ0) is 25.3. The normalized spacial score (nSPS) is 10.2. The maximum absolute atomic E-state index is 6.25. The third-order valence-corrected chi connectivity index (χ3v) is 6.12. The van der Waals surface area contributed by atoms with E-state index in [9.17, 15) is 0 Å². The number of benzene rings is 3. The Hall–Kier alpha value is -3.91. The first-order valence-corrected chi connectivity index (χ1v) is 13.5. The molecule has 0 fully saturated rings. The maximum atomic E-state index is 6.25. The smallest absolute Gasteiger partial charge is 0.520 e. The topological polar surface area (TPSA) is 35.2 Å². The molecule has 0 aliphatic carbocycles. The van der Waals surface area contributed by atoms with Gasteiger partial charge in [0.2, 0.25) is 11.4 Å². The van der Waals surface area contributed by atoms with E-state index in [2.05, 4.69) is 59.8 Å². The molecule has 0 unspecified atom stereocenters. The molecule has 0 bridgehead atoms. The molecule has 0 aliphatic rings. The molecule has 0 spiro atoms. The second kappa shape index (κ2) is 12.2. The van der Waals surface area contributed by atoms with E-state index in [1.54, 1.807) is 6.08 Å². The maximum Gasteiger partial charge on any atom is 0.520 e. The molecule has 0 saturated heterocycles. The lowest BCUT2D eigenvalue weighted by Crippen LogP contribution is -2.43. The average Bonchev–Trinajstić information content (AvgIpc) is 2.92. The number of para-hydroxylation sites is 1. The van der Waals surface area contributed by atoms with Crippen LogP contribution in [-0.4, -0.2) is 20.5 Å². The lowest BCUT2D eigenvalue weighted by Gasteiger charge is -2.09. The van der Waals surface area contributed by atoms with Crippen molar-refractivity contribution >= 4 is 32.5 Å². The van der Waals surface area contributed by atoms with Crippen molar-refractivity contribution in [2.45, 2.75) is 19.6 Å². The molecule has 0 saturated carbocycles. The molecule has 4 nitrogen and oxygen atoms in total. The van der Waals surface area contributed by atoms with Crippen molar-refractivity contribution in [1.82, 2.24) is 4.98 Å². The summed E-state index contributed by atoms with van der Waals surface area (Å²) in [6.45, 7) is 7.62. The van der Waals surface area contributed by atoms with Gasteiger partial charge in [-0.1, -0.05) is 73.0 Å². The summed E-state index contributed by atoms with van der Waals surface area (Å²) in [5.41, 5.74) is 6.44. The van der Waals surface area contributed by atoms with Gasteiger partial charge in [0, 0.05) is 29.6 Å². The average molecular weight is 489 g/mol. The van der Waals surface area contributed by atoms with Gasteiger partial charge in [0.05, 0.1) is 5.39 Å². The van der Waals surface area contributed by atoms with Crippen LogP contribution in [0.2, 0.25) is 5.79 Å². The standard InChI is InChI=1S/C22H17NO2.C8H9N.CH3.Al/c1-16-10-11-19-8-5-9-21(24)22(19)23(16)25-20-14-12-18(13-15-20)17-6-3-2-4-7-17;1-3-8-5-4-7(2)9-6-8;;/h2-15H,1H3;3-6H,1H2,2H3;1H3;/q;;;+1. The number of aryl methyl sites for hydroxylation is 2. The number of rotatable bonds is 6. The van der Waals surface area contributed by atoms with Crippen molar-refractivity contribution in [3.05, 3.63) is 127 Å². The van der Waals surface area contributed by atoms with Crippen molar-refractivity contribution in [2.24, 2.45) is 0 Å². The Morgan fingerprint density at radius 1 is 0.806 bits per heavy atom. The summed E-state index contributed by atoms with van der Waals surface area (Å²) >= 11 is -0.101. The van der Waals surface area contributed by atoms with Crippen LogP contribution in [0, 0.1) is 13.8 Å². The Kier molecular flexibility index (Phi) is 8.52. The van der Waals surface area contributed by atoms with Crippen molar-refractivity contribution in [3.63, 3.8) is 0 Å². The molecule has 36 heavy (non-hydrogen) atoms. The van der Waals surface area contributed by atoms with Crippen LogP contribution in [-0.2, 0) is 0 Å². The van der Waals surface area contributed by atoms with Crippen LogP contribution < -0.4 is 13.4 Å². The highest BCUT2D eigenvalue weighted by molar-refractivity contribution is 6.26. The molecule has 3 aromatic carbocycles. The van der Waals surface area contributed by atoms with Gasteiger partial charge in [-0.15, -0.1) is 0 Å². The predicted molar refractivity (Wildman–Crippen MR) is 148 cm³/mol. The van der Waals surface area contributed by atoms with Crippen LogP contribution in [0.25, 0.3) is 28.1 Å². The van der Waals surface area contributed by atoms with Gasteiger partial charge < -0.3 is 3.79 Å². The Morgan fingerprint density at radius 3 is 2.22 bits per heavy atom. The lowest BCUT2D eigenvalue weighted by molar-refractivity contribution is -0.858. The quantitative estimate of drug-likeness (QED) is 0.190. The van der Waals surface area contributed by atoms with Crippen LogP contribution in [0.15, 0.2) is 110 Å². The summed E-state index contributed by atoms with van der Waals surface area (Å²) < 4.78 is 7.77. The first kappa shape index (κ1) is 25.2. The number of hydrogen-bond donors (Lipinski definition) is 0. The van der Waals surface area contributed by atoms with Crippen LogP contribution in [0.1, 0.15) is 17.0 Å². The number of aromatic nitrogens is 2. The minimum atomic E-state index is -0.101. The largest absolute Gasteiger partial charge is 0.643 e. The fourth-order valence-electron chi connectivity index (χ4n) is 3.73. The van der Waals surface area contributed by atoms with E-state index in [-0.39, 0.29) is 15.6 Å². The molecule has 0 atom stereocenters. The van der Waals surface area contributed by atoms with Crippen LogP contribution in [0.3, 0.4) is 0 Å². The van der Waals surface area contributed by atoms with E-state index in [4.69, 9.17) is 8.63 Å². The third kappa shape index (κ3) is 6.20. The second-order valence-corrected chi connectivity index (χ2v) is 8.94. The van der Waals surface area contributed by atoms with E-state index < -0.39 is 0 Å². The molecule has 0 aliphatic heterocycles. The van der Waals surface area contributed by atoms with Gasteiger partial charge in [-0.3, -0.25) is 4.98 Å². The van der Waals surface area contributed by atoms with Crippen molar-refractivity contribution in [1.29, 1.82) is 0 Å². The molecule has 0 N–H and O–H groups in total. The van der Waals surface area contributed by atoms with Gasteiger partial charge in [0.15, 0.2) is 5.75 Å². The highest BCUT2D eigenvalue weighted by atomic mass is 27.1. The zero-order valence-corrected chi connectivity index (χ0v) is 22.0. The Balaban J connectivity index is 0.000000286. The minimum Gasteiger partial charge on any atom is -0.643 e.